The van der Waals surface area contributed by atoms with Gasteiger partial charge in [-0.1, -0.05) is 12.8 Å². The first kappa shape index (κ1) is 14.8. The number of likely N-dealkylation sites (N-methyl/N-ethyl adjacent to an activating group) is 1. The minimum absolute atomic E-state index is 0.113. The number of rotatable bonds is 5. The summed E-state index contributed by atoms with van der Waals surface area (Å²) in [5.41, 5.74) is 0.446. The zero-order chi connectivity index (χ0) is 14.8. The van der Waals surface area contributed by atoms with Crippen LogP contribution in [-0.4, -0.2) is 42.2 Å². The van der Waals surface area contributed by atoms with Gasteiger partial charge in [0.2, 0.25) is 0 Å². The van der Waals surface area contributed by atoms with Crippen LogP contribution in [0.5, 0.6) is 0 Å². The van der Waals surface area contributed by atoms with E-state index in [4.69, 9.17) is 5.11 Å². The molecule has 1 aliphatic carbocycles. The number of carboxylic acid groups (broad SMARTS) is 1. The summed E-state index contributed by atoms with van der Waals surface area (Å²) >= 11 is 0. The Bertz CT molecular complexity index is 497. The molecule has 5 heteroatoms. The van der Waals surface area contributed by atoms with Crippen molar-refractivity contribution in [2.45, 2.75) is 31.2 Å². The first-order chi connectivity index (χ1) is 9.44. The Morgan fingerprint density at radius 1 is 1.40 bits per heavy atom. The Morgan fingerprint density at radius 2 is 2.05 bits per heavy atom. The van der Waals surface area contributed by atoms with E-state index in [1.807, 2.05) is 0 Å². The third-order valence-corrected chi connectivity index (χ3v) is 4.30. The van der Waals surface area contributed by atoms with Crippen LogP contribution in [0.1, 0.15) is 36.0 Å². The lowest BCUT2D eigenvalue weighted by atomic mass is 9.96. The molecule has 0 bridgehead atoms. The molecule has 1 aromatic carbocycles. The van der Waals surface area contributed by atoms with E-state index >= 15 is 0 Å². The van der Waals surface area contributed by atoms with Crippen LogP contribution in [0.25, 0.3) is 0 Å². The quantitative estimate of drug-likeness (QED) is 0.871. The lowest BCUT2D eigenvalue weighted by Crippen LogP contribution is -2.47. The molecule has 0 atom stereocenters. The van der Waals surface area contributed by atoms with Gasteiger partial charge in [-0.15, -0.1) is 0 Å². The summed E-state index contributed by atoms with van der Waals surface area (Å²) in [7, 11) is 4.14. The summed E-state index contributed by atoms with van der Waals surface area (Å²) < 4.78 is 13.6. The minimum atomic E-state index is -1.24. The van der Waals surface area contributed by atoms with Crippen molar-refractivity contribution in [2.24, 2.45) is 0 Å². The first-order valence-electron chi connectivity index (χ1n) is 6.89. The van der Waals surface area contributed by atoms with Crippen molar-refractivity contribution < 1.29 is 14.3 Å². The van der Waals surface area contributed by atoms with E-state index in [0.29, 0.717) is 5.69 Å². The first-order valence-corrected chi connectivity index (χ1v) is 6.89. The van der Waals surface area contributed by atoms with Gasteiger partial charge in [0.1, 0.15) is 5.82 Å². The highest BCUT2D eigenvalue weighted by Gasteiger charge is 2.35. The molecule has 0 saturated heterocycles. The molecule has 20 heavy (non-hydrogen) atoms. The highest BCUT2D eigenvalue weighted by molar-refractivity contribution is 5.88. The molecule has 1 aromatic rings. The van der Waals surface area contributed by atoms with E-state index in [0.717, 1.165) is 19.4 Å². The van der Waals surface area contributed by atoms with Crippen molar-refractivity contribution in [3.63, 3.8) is 0 Å². The van der Waals surface area contributed by atoms with E-state index in [1.54, 1.807) is 6.07 Å². The Morgan fingerprint density at radius 3 is 2.55 bits per heavy atom. The van der Waals surface area contributed by atoms with Crippen molar-refractivity contribution in [3.8, 4) is 0 Å². The van der Waals surface area contributed by atoms with Gasteiger partial charge in [0.25, 0.3) is 0 Å². The number of aromatic carboxylic acids is 1. The van der Waals surface area contributed by atoms with E-state index in [2.05, 4.69) is 24.3 Å². The average Bonchev–Trinajstić information content (AvgIpc) is 2.86. The highest BCUT2D eigenvalue weighted by Crippen LogP contribution is 2.34. The standard InChI is InChI=1S/C15H21FN2O2/c1-18(2)15(7-3-4-8-15)10-17-11-5-6-12(14(19)20)13(16)9-11/h5-6,9,17H,3-4,7-8,10H2,1-2H3,(H,19,20). The van der Waals surface area contributed by atoms with Gasteiger partial charge >= 0.3 is 5.97 Å². The number of hydrogen-bond donors (Lipinski definition) is 2. The molecule has 1 aliphatic rings. The molecule has 2 N–H and O–H groups in total. The minimum Gasteiger partial charge on any atom is -0.478 e. The van der Waals surface area contributed by atoms with E-state index in [9.17, 15) is 9.18 Å². The summed E-state index contributed by atoms with van der Waals surface area (Å²) in [5.74, 6) is -1.94. The molecule has 0 aliphatic heterocycles. The topological polar surface area (TPSA) is 52.6 Å². The molecule has 1 saturated carbocycles. The fraction of sp³-hybridized carbons (Fsp3) is 0.533. The molecule has 0 radical (unpaired) electrons. The Labute approximate surface area is 118 Å². The second kappa shape index (κ2) is 5.79. The molecular formula is C15H21FN2O2. The lowest BCUT2D eigenvalue weighted by Gasteiger charge is -2.36. The third kappa shape index (κ3) is 2.93. The van der Waals surface area contributed by atoms with Gasteiger partial charge in [-0.25, -0.2) is 9.18 Å². The number of nitrogens with one attached hydrogen (secondary N) is 1. The Hall–Kier alpha value is -1.62. The van der Waals surface area contributed by atoms with Crippen molar-refractivity contribution in [1.29, 1.82) is 0 Å². The van der Waals surface area contributed by atoms with Crippen molar-refractivity contribution in [2.75, 3.05) is 26.0 Å². The van der Waals surface area contributed by atoms with Gasteiger partial charge in [-0.2, -0.15) is 0 Å². The van der Waals surface area contributed by atoms with Crippen LogP contribution in [-0.2, 0) is 0 Å². The fourth-order valence-electron chi connectivity index (χ4n) is 2.88. The predicted molar refractivity (Wildman–Crippen MR) is 76.7 cm³/mol. The van der Waals surface area contributed by atoms with Crippen LogP contribution in [0, 0.1) is 5.82 Å². The monoisotopic (exact) mass is 280 g/mol. The van der Waals surface area contributed by atoms with Crippen molar-refractivity contribution in [1.82, 2.24) is 4.90 Å². The predicted octanol–water partition coefficient (Wildman–Crippen LogP) is 2.81. The number of benzene rings is 1. The van der Waals surface area contributed by atoms with E-state index in [-0.39, 0.29) is 11.1 Å². The van der Waals surface area contributed by atoms with Gasteiger partial charge in [-0.05, 0) is 45.1 Å². The number of carbonyl (C=O) groups is 1. The van der Waals surface area contributed by atoms with Gasteiger partial charge in [0.15, 0.2) is 0 Å². The van der Waals surface area contributed by atoms with Gasteiger partial charge in [0, 0.05) is 17.8 Å². The summed E-state index contributed by atoms with van der Waals surface area (Å²) in [5, 5.41) is 12.0. The highest BCUT2D eigenvalue weighted by atomic mass is 19.1. The molecule has 0 spiro atoms. The molecule has 0 heterocycles. The van der Waals surface area contributed by atoms with Crippen molar-refractivity contribution >= 4 is 11.7 Å². The van der Waals surface area contributed by atoms with Crippen LogP contribution in [0.2, 0.25) is 0 Å². The molecule has 4 nitrogen and oxygen atoms in total. The molecule has 0 amide bonds. The van der Waals surface area contributed by atoms with Crippen LogP contribution >= 0.6 is 0 Å². The van der Waals surface area contributed by atoms with E-state index < -0.39 is 11.8 Å². The second-order valence-corrected chi connectivity index (χ2v) is 5.68. The molecule has 110 valence electrons. The molecular weight excluding hydrogens is 259 g/mol. The van der Waals surface area contributed by atoms with Crippen LogP contribution < -0.4 is 5.32 Å². The molecule has 0 unspecified atom stereocenters. The summed E-state index contributed by atoms with van der Waals surface area (Å²) in [6.07, 6.45) is 4.68. The fourth-order valence-corrected chi connectivity index (χ4v) is 2.88. The zero-order valence-corrected chi connectivity index (χ0v) is 11.9. The zero-order valence-electron chi connectivity index (χ0n) is 11.9. The maximum atomic E-state index is 13.6. The maximum Gasteiger partial charge on any atom is 0.338 e. The van der Waals surface area contributed by atoms with Gasteiger partial charge in [-0.3, -0.25) is 0 Å². The Balaban J connectivity index is 2.07. The lowest BCUT2D eigenvalue weighted by molar-refractivity contribution is 0.0692. The average molecular weight is 280 g/mol. The van der Waals surface area contributed by atoms with Gasteiger partial charge in [0.05, 0.1) is 5.56 Å². The van der Waals surface area contributed by atoms with Crippen LogP contribution in [0.15, 0.2) is 18.2 Å². The number of halogens is 1. The van der Waals surface area contributed by atoms with Crippen molar-refractivity contribution in [3.05, 3.63) is 29.6 Å². The maximum absolute atomic E-state index is 13.6. The van der Waals surface area contributed by atoms with Gasteiger partial charge < -0.3 is 15.3 Å². The summed E-state index contributed by atoms with van der Waals surface area (Å²) in [6.45, 7) is 0.742. The normalized spacial score (nSPS) is 17.4. The summed E-state index contributed by atoms with van der Waals surface area (Å²) in [4.78, 5) is 13.0. The number of nitrogens with zero attached hydrogens (tertiary/aromatic N) is 1. The van der Waals surface area contributed by atoms with Crippen LogP contribution in [0.4, 0.5) is 10.1 Å². The number of carboxylic acids is 1. The molecule has 0 aromatic heterocycles. The number of anilines is 1. The SMILES string of the molecule is CN(C)C1(CNc2ccc(C(=O)O)c(F)c2)CCCC1. The molecule has 1 fully saturated rings. The second-order valence-electron chi connectivity index (χ2n) is 5.68. The smallest absolute Gasteiger partial charge is 0.338 e. The third-order valence-electron chi connectivity index (χ3n) is 4.30. The Kier molecular flexibility index (Phi) is 4.28. The van der Waals surface area contributed by atoms with E-state index in [1.165, 1.54) is 25.0 Å². The summed E-state index contributed by atoms with van der Waals surface area (Å²) in [6, 6.07) is 4.17. The van der Waals surface area contributed by atoms with Crippen LogP contribution in [0.3, 0.4) is 0 Å². The molecule has 2 rings (SSSR count). The largest absolute Gasteiger partial charge is 0.478 e. The number of hydrogen-bond acceptors (Lipinski definition) is 3.